The molecular weight excluding hydrogens is 466 g/mol. The molecule has 0 aromatic heterocycles. The van der Waals surface area contributed by atoms with E-state index in [0.29, 0.717) is 46.2 Å². The molecule has 184 valence electrons. The summed E-state index contributed by atoms with van der Waals surface area (Å²) in [6, 6.07) is 13.0. The van der Waals surface area contributed by atoms with Crippen LogP contribution in [-0.4, -0.2) is 32.1 Å². The Labute approximate surface area is 210 Å². The summed E-state index contributed by atoms with van der Waals surface area (Å²) in [5.41, 5.74) is 4.26. The maximum atomic E-state index is 13.7. The van der Waals surface area contributed by atoms with Crippen molar-refractivity contribution in [3.63, 3.8) is 0 Å². The van der Waals surface area contributed by atoms with Crippen LogP contribution in [-0.2, 0) is 14.3 Å². The van der Waals surface area contributed by atoms with E-state index in [4.69, 9.17) is 25.8 Å². The minimum Gasteiger partial charge on any atom is -0.497 e. The Hall–Kier alpha value is -3.25. The number of carbonyl (C=O) groups excluding carboxylic acids is 2. The van der Waals surface area contributed by atoms with Gasteiger partial charge in [0.25, 0.3) is 0 Å². The number of dihydropyridines is 1. The Balaban J connectivity index is 1.84. The molecule has 0 saturated heterocycles. The highest BCUT2D eigenvalue weighted by molar-refractivity contribution is 6.30. The molecular formula is C28H30ClNO5. The van der Waals surface area contributed by atoms with E-state index in [1.165, 1.54) is 0 Å². The lowest BCUT2D eigenvalue weighted by atomic mass is 9.71. The topological polar surface area (TPSA) is 73.9 Å². The molecule has 0 saturated carbocycles. The van der Waals surface area contributed by atoms with E-state index in [2.05, 4.69) is 5.32 Å². The SMILES string of the molecule is COc1ccc([C@H]2C(C(=O)OC(C)C)=C(C)NC3=C2C(=O)C[C@H](c2ccc(Cl)cc2)C3)c(OC)c1. The molecule has 2 aromatic carbocycles. The average Bonchev–Trinajstić information content (AvgIpc) is 2.82. The predicted molar refractivity (Wildman–Crippen MR) is 135 cm³/mol. The van der Waals surface area contributed by atoms with Crippen LogP contribution in [0, 0.1) is 0 Å². The van der Waals surface area contributed by atoms with Gasteiger partial charge in [-0.25, -0.2) is 4.79 Å². The van der Waals surface area contributed by atoms with Crippen LogP contribution in [0.5, 0.6) is 11.5 Å². The molecule has 2 aliphatic rings. The van der Waals surface area contributed by atoms with Gasteiger partial charge in [-0.15, -0.1) is 0 Å². The third-order valence-electron chi connectivity index (χ3n) is 6.48. The number of hydrogen-bond donors (Lipinski definition) is 1. The van der Waals surface area contributed by atoms with Crippen LogP contribution in [0.25, 0.3) is 0 Å². The highest BCUT2D eigenvalue weighted by Gasteiger charge is 2.42. The number of allylic oxidation sites excluding steroid dienone is 3. The Morgan fingerprint density at radius 1 is 1.06 bits per heavy atom. The van der Waals surface area contributed by atoms with Gasteiger partial charge in [0.05, 0.1) is 31.8 Å². The number of hydrogen-bond acceptors (Lipinski definition) is 6. The smallest absolute Gasteiger partial charge is 0.337 e. The van der Waals surface area contributed by atoms with Gasteiger partial charge in [0.15, 0.2) is 5.78 Å². The largest absolute Gasteiger partial charge is 0.497 e. The van der Waals surface area contributed by atoms with Crippen LogP contribution in [0.1, 0.15) is 56.6 Å². The quantitative estimate of drug-likeness (QED) is 0.520. The number of benzene rings is 2. The van der Waals surface area contributed by atoms with E-state index in [-0.39, 0.29) is 17.8 Å². The fourth-order valence-corrected chi connectivity index (χ4v) is 5.05. The highest BCUT2D eigenvalue weighted by Crippen LogP contribution is 2.48. The first kappa shape index (κ1) is 24.9. The van der Waals surface area contributed by atoms with Crippen molar-refractivity contribution in [3.05, 3.63) is 81.2 Å². The number of nitrogens with one attached hydrogen (secondary N) is 1. The van der Waals surface area contributed by atoms with Crippen molar-refractivity contribution >= 4 is 23.4 Å². The first-order chi connectivity index (χ1) is 16.7. The number of esters is 1. The van der Waals surface area contributed by atoms with Gasteiger partial charge in [-0.2, -0.15) is 0 Å². The molecule has 7 heteroatoms. The fraction of sp³-hybridized carbons (Fsp3) is 0.357. The Morgan fingerprint density at radius 3 is 2.40 bits per heavy atom. The first-order valence-electron chi connectivity index (χ1n) is 11.7. The van der Waals surface area contributed by atoms with E-state index in [0.717, 1.165) is 16.8 Å². The lowest BCUT2D eigenvalue weighted by molar-refractivity contribution is -0.143. The fourth-order valence-electron chi connectivity index (χ4n) is 4.93. The molecule has 0 spiro atoms. The molecule has 35 heavy (non-hydrogen) atoms. The van der Waals surface area contributed by atoms with Crippen LogP contribution in [0.2, 0.25) is 5.02 Å². The van der Waals surface area contributed by atoms with Gasteiger partial charge >= 0.3 is 5.97 Å². The normalized spacial score (nSPS) is 19.9. The molecule has 1 aliphatic heterocycles. The van der Waals surface area contributed by atoms with Crippen LogP contribution < -0.4 is 14.8 Å². The van der Waals surface area contributed by atoms with Crippen molar-refractivity contribution in [2.24, 2.45) is 0 Å². The summed E-state index contributed by atoms with van der Waals surface area (Å²) in [5, 5.41) is 4.03. The third kappa shape index (κ3) is 4.94. The number of halogens is 1. The third-order valence-corrected chi connectivity index (χ3v) is 6.74. The predicted octanol–water partition coefficient (Wildman–Crippen LogP) is 5.67. The number of ketones is 1. The van der Waals surface area contributed by atoms with Crippen molar-refractivity contribution in [2.45, 2.75) is 51.6 Å². The second kappa shape index (κ2) is 10.2. The van der Waals surface area contributed by atoms with E-state index in [1.54, 1.807) is 34.1 Å². The molecule has 1 heterocycles. The minimum absolute atomic E-state index is 0.0103. The lowest BCUT2D eigenvalue weighted by Gasteiger charge is -2.37. The summed E-state index contributed by atoms with van der Waals surface area (Å²) >= 11 is 6.07. The summed E-state index contributed by atoms with van der Waals surface area (Å²) in [6.07, 6.45) is 0.678. The summed E-state index contributed by atoms with van der Waals surface area (Å²) in [4.78, 5) is 27.0. The van der Waals surface area contributed by atoms with Crippen molar-refractivity contribution in [1.29, 1.82) is 0 Å². The van der Waals surface area contributed by atoms with Crippen LogP contribution >= 0.6 is 11.6 Å². The van der Waals surface area contributed by atoms with Gasteiger partial charge in [-0.1, -0.05) is 29.8 Å². The Kier molecular flexibility index (Phi) is 7.22. The molecule has 0 radical (unpaired) electrons. The molecule has 1 aliphatic carbocycles. The molecule has 0 unspecified atom stereocenters. The summed E-state index contributed by atoms with van der Waals surface area (Å²) in [5.74, 6) is 0.103. The molecule has 2 aromatic rings. The summed E-state index contributed by atoms with van der Waals surface area (Å²) in [7, 11) is 3.15. The first-order valence-corrected chi connectivity index (χ1v) is 12.0. The number of methoxy groups -OCH3 is 2. The summed E-state index contributed by atoms with van der Waals surface area (Å²) < 4.78 is 16.6. The second-order valence-electron chi connectivity index (χ2n) is 9.13. The lowest BCUT2D eigenvalue weighted by Crippen LogP contribution is -2.36. The molecule has 0 bridgehead atoms. The van der Waals surface area contributed by atoms with Crippen molar-refractivity contribution < 1.29 is 23.8 Å². The van der Waals surface area contributed by atoms with Gasteiger partial charge in [0.2, 0.25) is 0 Å². The van der Waals surface area contributed by atoms with Crippen LogP contribution in [0.4, 0.5) is 0 Å². The molecule has 2 atom stereocenters. The van der Waals surface area contributed by atoms with Crippen molar-refractivity contribution in [1.82, 2.24) is 5.32 Å². The van der Waals surface area contributed by atoms with E-state index >= 15 is 0 Å². The zero-order chi connectivity index (χ0) is 25.3. The zero-order valence-electron chi connectivity index (χ0n) is 20.6. The van der Waals surface area contributed by atoms with Gasteiger partial charge in [-0.3, -0.25) is 4.79 Å². The van der Waals surface area contributed by atoms with E-state index < -0.39 is 11.9 Å². The minimum atomic E-state index is -0.614. The van der Waals surface area contributed by atoms with Crippen LogP contribution in [0.15, 0.2) is 65.0 Å². The monoisotopic (exact) mass is 495 g/mol. The van der Waals surface area contributed by atoms with Gasteiger partial charge in [-0.05, 0) is 56.9 Å². The highest BCUT2D eigenvalue weighted by atomic mass is 35.5. The van der Waals surface area contributed by atoms with Gasteiger partial charge in [0.1, 0.15) is 11.5 Å². The number of carbonyl (C=O) groups is 2. The summed E-state index contributed by atoms with van der Waals surface area (Å²) in [6.45, 7) is 5.46. The maximum Gasteiger partial charge on any atom is 0.337 e. The number of rotatable bonds is 6. The molecule has 1 N–H and O–H groups in total. The molecule has 4 rings (SSSR count). The maximum absolute atomic E-state index is 13.7. The van der Waals surface area contributed by atoms with Gasteiger partial charge < -0.3 is 19.5 Å². The molecule has 0 amide bonds. The van der Waals surface area contributed by atoms with Crippen LogP contribution in [0.3, 0.4) is 0 Å². The average molecular weight is 496 g/mol. The molecule has 0 fully saturated rings. The van der Waals surface area contributed by atoms with Crippen molar-refractivity contribution in [2.75, 3.05) is 14.2 Å². The number of ether oxygens (including phenoxy) is 3. The Morgan fingerprint density at radius 2 is 1.77 bits per heavy atom. The zero-order valence-corrected chi connectivity index (χ0v) is 21.4. The second-order valence-corrected chi connectivity index (χ2v) is 9.57. The van der Waals surface area contributed by atoms with Gasteiger partial charge in [0, 0.05) is 40.0 Å². The standard InChI is InChI=1S/C28H30ClNO5/c1-15(2)35-28(32)25-16(3)30-22-12-18(17-6-8-19(29)9-7-17)13-23(31)27(22)26(25)21-11-10-20(33-4)14-24(21)34-5/h6-11,14-15,18,26,30H,12-13H2,1-5H3/t18-,26+/m1/s1. The van der Waals surface area contributed by atoms with E-state index in [1.807, 2.05) is 43.3 Å². The van der Waals surface area contributed by atoms with Crippen molar-refractivity contribution in [3.8, 4) is 11.5 Å². The molecule has 6 nitrogen and oxygen atoms in total. The Bertz CT molecular complexity index is 1210. The van der Waals surface area contributed by atoms with E-state index in [9.17, 15) is 9.59 Å². The number of Topliss-reactive ketones (excluding diaryl/α,β-unsaturated/α-hetero) is 1.